The van der Waals surface area contributed by atoms with Crippen LogP contribution in [-0.2, 0) is 12.6 Å². The van der Waals surface area contributed by atoms with Gasteiger partial charge in [-0.1, -0.05) is 6.07 Å². The van der Waals surface area contributed by atoms with Gasteiger partial charge in [0.2, 0.25) is 0 Å². The number of ketones is 1. The van der Waals surface area contributed by atoms with Crippen molar-refractivity contribution in [1.29, 1.82) is 0 Å². The van der Waals surface area contributed by atoms with Crippen LogP contribution >= 0.6 is 0 Å². The number of pyridine rings is 1. The number of fused-ring (bicyclic) bond motifs is 1. The van der Waals surface area contributed by atoms with E-state index >= 15 is 0 Å². The maximum Gasteiger partial charge on any atom is 0.419 e. The fourth-order valence-corrected chi connectivity index (χ4v) is 3.56. The van der Waals surface area contributed by atoms with E-state index in [1.807, 2.05) is 0 Å². The third-order valence-corrected chi connectivity index (χ3v) is 5.05. The standard InChI is InChI=1S/C21H16F4N4O2/c1-12-11-28(14-5-6-15(16(22)9-14)21(23,24)25)20(31)19-13(10-27-29(12)19)8-18(30)17-4-2-3-7-26-17/h2-7,9-10,12H,8,11H2,1H3/t12-/m0/s1. The fraction of sp³-hybridized carbons (Fsp3) is 0.238. The van der Waals surface area contributed by atoms with Crippen molar-refractivity contribution in [3.63, 3.8) is 0 Å². The normalized spacial score (nSPS) is 16.4. The summed E-state index contributed by atoms with van der Waals surface area (Å²) in [4.78, 5) is 30.9. The zero-order chi connectivity index (χ0) is 22.3. The number of halogens is 4. The molecule has 0 saturated carbocycles. The number of Topliss-reactive ketones (excluding diaryl/α,β-unsaturated/α-hetero) is 1. The second kappa shape index (κ2) is 7.60. The molecule has 0 aliphatic carbocycles. The Kier molecular flexibility index (Phi) is 5.08. The molecule has 1 atom stereocenters. The summed E-state index contributed by atoms with van der Waals surface area (Å²) in [6.45, 7) is 1.85. The van der Waals surface area contributed by atoms with Gasteiger partial charge in [0.15, 0.2) is 5.78 Å². The number of amides is 1. The van der Waals surface area contributed by atoms with Crippen LogP contribution in [0.25, 0.3) is 0 Å². The zero-order valence-electron chi connectivity index (χ0n) is 16.2. The lowest BCUT2D eigenvalue weighted by Gasteiger charge is -2.32. The van der Waals surface area contributed by atoms with Crippen molar-refractivity contribution in [1.82, 2.24) is 14.8 Å². The molecule has 1 aromatic carbocycles. The van der Waals surface area contributed by atoms with Crippen LogP contribution in [0.15, 0.2) is 48.8 Å². The summed E-state index contributed by atoms with van der Waals surface area (Å²) in [5.74, 6) is -2.34. The van der Waals surface area contributed by atoms with Crippen LogP contribution in [0.5, 0.6) is 0 Å². The average Bonchev–Trinajstić information content (AvgIpc) is 3.15. The van der Waals surface area contributed by atoms with Gasteiger partial charge in [0, 0.05) is 30.4 Å². The smallest absolute Gasteiger partial charge is 0.305 e. The van der Waals surface area contributed by atoms with E-state index < -0.39 is 23.5 Å². The highest BCUT2D eigenvalue weighted by Crippen LogP contribution is 2.35. The molecule has 2 aromatic heterocycles. The predicted molar refractivity (Wildman–Crippen MR) is 102 cm³/mol. The van der Waals surface area contributed by atoms with Gasteiger partial charge < -0.3 is 4.90 Å². The zero-order valence-corrected chi connectivity index (χ0v) is 16.2. The van der Waals surface area contributed by atoms with E-state index in [0.29, 0.717) is 17.7 Å². The number of hydrogen-bond donors (Lipinski definition) is 0. The number of benzene rings is 1. The van der Waals surface area contributed by atoms with E-state index in [9.17, 15) is 27.2 Å². The Bertz CT molecular complexity index is 1160. The summed E-state index contributed by atoms with van der Waals surface area (Å²) in [5.41, 5.74) is -0.661. The van der Waals surface area contributed by atoms with Crippen LogP contribution < -0.4 is 4.90 Å². The van der Waals surface area contributed by atoms with Gasteiger partial charge in [-0.05, 0) is 37.3 Å². The number of anilines is 1. The molecule has 0 bridgehead atoms. The van der Waals surface area contributed by atoms with Crippen molar-refractivity contribution in [3.05, 3.63) is 77.1 Å². The van der Waals surface area contributed by atoms with Crippen molar-refractivity contribution >= 4 is 17.4 Å². The number of carbonyl (C=O) groups is 2. The lowest BCUT2D eigenvalue weighted by Crippen LogP contribution is -2.43. The second-order valence-corrected chi connectivity index (χ2v) is 7.20. The van der Waals surface area contributed by atoms with Gasteiger partial charge in [-0.2, -0.15) is 18.3 Å². The molecule has 160 valence electrons. The van der Waals surface area contributed by atoms with Crippen LogP contribution in [-0.4, -0.2) is 33.0 Å². The molecule has 10 heteroatoms. The Morgan fingerprint density at radius 1 is 1.23 bits per heavy atom. The monoisotopic (exact) mass is 432 g/mol. The van der Waals surface area contributed by atoms with Gasteiger partial charge in [-0.15, -0.1) is 0 Å². The Balaban J connectivity index is 1.66. The number of alkyl halides is 3. The van der Waals surface area contributed by atoms with Gasteiger partial charge in [-0.3, -0.25) is 19.3 Å². The minimum Gasteiger partial charge on any atom is -0.305 e. The molecule has 1 aliphatic heterocycles. The maximum atomic E-state index is 14.1. The van der Waals surface area contributed by atoms with Crippen molar-refractivity contribution in [2.24, 2.45) is 0 Å². The van der Waals surface area contributed by atoms with E-state index in [0.717, 1.165) is 6.07 Å². The summed E-state index contributed by atoms with van der Waals surface area (Å²) in [6.07, 6.45) is -2.06. The van der Waals surface area contributed by atoms with Crippen LogP contribution in [0.3, 0.4) is 0 Å². The quantitative estimate of drug-likeness (QED) is 0.460. The Hall–Kier alpha value is -3.56. The highest BCUT2D eigenvalue weighted by molar-refractivity contribution is 6.08. The Labute approximate surface area is 174 Å². The van der Waals surface area contributed by atoms with Crippen molar-refractivity contribution < 1.29 is 27.2 Å². The molecule has 0 spiro atoms. The second-order valence-electron chi connectivity index (χ2n) is 7.20. The first-order valence-corrected chi connectivity index (χ1v) is 9.36. The largest absolute Gasteiger partial charge is 0.419 e. The molecule has 3 aromatic rings. The summed E-state index contributed by atoms with van der Waals surface area (Å²) in [7, 11) is 0. The third-order valence-electron chi connectivity index (χ3n) is 5.05. The molecule has 31 heavy (non-hydrogen) atoms. The molecule has 1 amide bonds. The van der Waals surface area contributed by atoms with E-state index in [1.165, 1.54) is 22.0 Å². The summed E-state index contributed by atoms with van der Waals surface area (Å²) in [5, 5.41) is 4.20. The van der Waals surface area contributed by atoms with Gasteiger partial charge in [0.05, 0.1) is 17.8 Å². The van der Waals surface area contributed by atoms with E-state index in [-0.39, 0.29) is 41.9 Å². The predicted octanol–water partition coefficient (Wildman–Crippen LogP) is 4.08. The van der Waals surface area contributed by atoms with E-state index in [1.54, 1.807) is 25.1 Å². The summed E-state index contributed by atoms with van der Waals surface area (Å²) >= 11 is 0. The molecule has 0 fully saturated rings. The fourth-order valence-electron chi connectivity index (χ4n) is 3.56. The molecule has 0 radical (unpaired) electrons. The molecule has 3 heterocycles. The van der Waals surface area contributed by atoms with Gasteiger partial charge in [-0.25, -0.2) is 4.39 Å². The minimum absolute atomic E-state index is 0.00296. The number of hydrogen-bond acceptors (Lipinski definition) is 4. The van der Waals surface area contributed by atoms with Gasteiger partial charge in [0.25, 0.3) is 5.91 Å². The molecule has 0 unspecified atom stereocenters. The molecular formula is C21H16F4N4O2. The number of carbonyl (C=O) groups excluding carboxylic acids is 2. The lowest BCUT2D eigenvalue weighted by atomic mass is 10.0. The van der Waals surface area contributed by atoms with Gasteiger partial charge >= 0.3 is 6.18 Å². The topological polar surface area (TPSA) is 68.1 Å². The SMILES string of the molecule is C[C@H]1CN(c2ccc(C(F)(F)F)c(F)c2)C(=O)c2c(CC(=O)c3ccccn3)cnn21. The first-order chi connectivity index (χ1) is 14.7. The van der Waals surface area contributed by atoms with Crippen molar-refractivity contribution in [3.8, 4) is 0 Å². The first-order valence-electron chi connectivity index (χ1n) is 9.36. The first kappa shape index (κ1) is 20.7. The average molecular weight is 432 g/mol. The summed E-state index contributed by atoms with van der Waals surface area (Å²) < 4.78 is 54.1. The van der Waals surface area contributed by atoms with Crippen LogP contribution in [0.1, 0.15) is 45.1 Å². The molecule has 6 nitrogen and oxygen atoms in total. The highest BCUT2D eigenvalue weighted by Gasteiger charge is 2.37. The Morgan fingerprint density at radius 3 is 2.65 bits per heavy atom. The van der Waals surface area contributed by atoms with Crippen molar-refractivity contribution in [2.45, 2.75) is 25.6 Å². The number of nitrogens with zero attached hydrogens (tertiary/aromatic N) is 4. The van der Waals surface area contributed by atoms with E-state index in [2.05, 4.69) is 10.1 Å². The molecule has 0 saturated heterocycles. The number of rotatable bonds is 4. The van der Waals surface area contributed by atoms with Crippen LogP contribution in [0.4, 0.5) is 23.2 Å². The number of aromatic nitrogens is 3. The lowest BCUT2D eigenvalue weighted by molar-refractivity contribution is -0.139. The minimum atomic E-state index is -4.83. The molecule has 1 aliphatic rings. The highest BCUT2D eigenvalue weighted by atomic mass is 19.4. The van der Waals surface area contributed by atoms with Crippen LogP contribution in [0, 0.1) is 5.82 Å². The van der Waals surface area contributed by atoms with Crippen molar-refractivity contribution in [2.75, 3.05) is 11.4 Å². The maximum absolute atomic E-state index is 14.1. The third kappa shape index (κ3) is 3.80. The summed E-state index contributed by atoms with van der Waals surface area (Å²) in [6, 6.07) is 6.92. The van der Waals surface area contributed by atoms with Crippen LogP contribution in [0.2, 0.25) is 0 Å². The molecular weight excluding hydrogens is 416 g/mol. The Morgan fingerprint density at radius 2 is 2.00 bits per heavy atom. The molecule has 4 rings (SSSR count). The van der Waals surface area contributed by atoms with Gasteiger partial charge in [0.1, 0.15) is 17.2 Å². The van der Waals surface area contributed by atoms with E-state index in [4.69, 9.17) is 0 Å². The molecule has 0 N–H and O–H groups in total.